The van der Waals surface area contributed by atoms with Crippen molar-refractivity contribution in [2.75, 3.05) is 40.3 Å². The molecular weight excluding hydrogens is 740 g/mol. The van der Waals surface area contributed by atoms with Crippen LogP contribution in [0.2, 0.25) is 5.02 Å². The van der Waals surface area contributed by atoms with Crippen LogP contribution in [0.15, 0.2) is 35.9 Å². The van der Waals surface area contributed by atoms with E-state index in [0.717, 1.165) is 11.1 Å². The Balaban J connectivity index is 0.00000106. The van der Waals surface area contributed by atoms with Crippen molar-refractivity contribution in [2.24, 2.45) is 5.92 Å². The molecule has 1 aromatic rings. The van der Waals surface area contributed by atoms with Crippen LogP contribution in [0.25, 0.3) is 0 Å². The average molecular weight is 795 g/mol. The molecule has 2 unspecified atom stereocenters. The number of aliphatic carboxylic acids is 1. The fourth-order valence-corrected chi connectivity index (χ4v) is 6.71. The highest BCUT2D eigenvalue weighted by Crippen LogP contribution is 2.49. The van der Waals surface area contributed by atoms with Crippen LogP contribution >= 0.6 is 11.6 Å². The number of aliphatic hydroxyl groups is 1. The Morgan fingerprint density at radius 1 is 1.20 bits per heavy atom. The molecular formula is C38H55ClN4O12. The molecule has 55 heavy (non-hydrogen) atoms. The Hall–Kier alpha value is -4.22. The quantitative estimate of drug-likeness (QED) is 0.232. The molecule has 17 heteroatoms. The van der Waals surface area contributed by atoms with E-state index in [2.05, 4.69) is 10.6 Å². The van der Waals surface area contributed by atoms with Crippen LogP contribution in [0, 0.1) is 5.92 Å². The second-order valence-corrected chi connectivity index (χ2v) is 14.8. The largest absolute Gasteiger partial charge is 0.495 e. The summed E-state index contributed by atoms with van der Waals surface area (Å²) in [4.78, 5) is 64.6. The third kappa shape index (κ3) is 10.8. The number of halogens is 1. The molecule has 0 radical (unpaired) electrons. The van der Waals surface area contributed by atoms with E-state index in [1.165, 1.54) is 44.9 Å². The van der Waals surface area contributed by atoms with E-state index in [4.69, 9.17) is 40.4 Å². The van der Waals surface area contributed by atoms with Crippen molar-refractivity contribution in [1.29, 1.82) is 0 Å². The molecule has 16 nitrogen and oxygen atoms in total. The standard InChI is InChI=1S/C34H46ClN3O10.C4H9NO2/c1-18-11-10-12-26(45-9)34(43)17-25(46-32(42)36-34)19(2)30-33(5,48-30)27(47-31(41)20(3)37(6)21(4)39)16-28(40)38(7)23-14-22(13-18)15-24(44-8)29(23)35;1-3(5-2)4(6)7/h10-12,14-15,19-20,25-27,30,43H,13,16-17H2,1-9H3,(H,36,42);3,5H,1-2H3,(H,6,7)/b12-10+,18-11+;/t19-,20+,25+,26?,27+,30+,33+,34+;/m1./s1. The Kier molecular flexibility index (Phi) is 15.3. The molecule has 0 aromatic heterocycles. The summed E-state index contributed by atoms with van der Waals surface area (Å²) in [7, 11) is 7.58. The Morgan fingerprint density at radius 3 is 2.40 bits per heavy atom. The summed E-state index contributed by atoms with van der Waals surface area (Å²) in [5.74, 6) is -2.45. The fraction of sp³-hybridized carbons (Fsp3) is 0.605. The first-order valence-electron chi connectivity index (χ1n) is 17.9. The summed E-state index contributed by atoms with van der Waals surface area (Å²) in [5, 5.41) is 25.1. The number of benzene rings is 1. The van der Waals surface area contributed by atoms with E-state index >= 15 is 0 Å². The van der Waals surface area contributed by atoms with Crippen LogP contribution in [-0.4, -0.2) is 128 Å². The molecule has 0 aliphatic carbocycles. The number of alkyl carbamates (subject to hydrolysis) is 1. The minimum absolute atomic E-state index is 0.0436. The Bertz CT molecular complexity index is 1670. The first-order chi connectivity index (χ1) is 25.6. The number of epoxide rings is 1. The van der Waals surface area contributed by atoms with E-state index in [0.29, 0.717) is 17.9 Å². The van der Waals surface area contributed by atoms with Gasteiger partial charge in [-0.25, -0.2) is 9.59 Å². The molecule has 306 valence electrons. The summed E-state index contributed by atoms with van der Waals surface area (Å²) < 4.78 is 28.9. The van der Waals surface area contributed by atoms with E-state index in [1.54, 1.807) is 59.2 Å². The monoisotopic (exact) mass is 794 g/mol. The zero-order valence-electron chi connectivity index (χ0n) is 33.3. The number of carbonyl (C=O) groups excluding carboxylic acids is 4. The number of likely N-dealkylation sites (N-methyl/N-ethyl adjacent to an activating group) is 2. The number of carboxylic acids is 1. The minimum atomic E-state index is -1.81. The van der Waals surface area contributed by atoms with Gasteiger partial charge in [-0.15, -0.1) is 0 Å². The predicted octanol–water partition coefficient (Wildman–Crippen LogP) is 3.21. The number of amides is 3. The molecule has 3 heterocycles. The van der Waals surface area contributed by atoms with Crippen molar-refractivity contribution >= 4 is 47.1 Å². The molecule has 3 amide bonds. The highest BCUT2D eigenvalue weighted by molar-refractivity contribution is 6.35. The molecule has 3 aliphatic rings. The van der Waals surface area contributed by atoms with E-state index in [9.17, 15) is 29.1 Å². The van der Waals surface area contributed by atoms with Gasteiger partial charge in [0.05, 0.1) is 25.3 Å². The summed E-state index contributed by atoms with van der Waals surface area (Å²) in [6.07, 6.45) is 1.02. The van der Waals surface area contributed by atoms with Crippen LogP contribution in [-0.2, 0) is 44.5 Å². The number of hydrogen-bond acceptors (Lipinski definition) is 12. The van der Waals surface area contributed by atoms with Gasteiger partial charge in [0.15, 0.2) is 5.72 Å². The van der Waals surface area contributed by atoms with Gasteiger partial charge in [0, 0.05) is 40.5 Å². The molecule has 0 saturated carbocycles. The number of carboxylic acid groups (broad SMARTS) is 1. The van der Waals surface area contributed by atoms with Gasteiger partial charge in [-0.05, 0) is 58.9 Å². The van der Waals surface area contributed by atoms with Gasteiger partial charge < -0.3 is 49.0 Å². The first kappa shape index (κ1) is 45.2. The van der Waals surface area contributed by atoms with Crippen LogP contribution in [0.5, 0.6) is 5.75 Å². The summed E-state index contributed by atoms with van der Waals surface area (Å²) >= 11 is 6.71. The van der Waals surface area contributed by atoms with Crippen molar-refractivity contribution in [2.45, 2.75) is 109 Å². The maximum absolute atomic E-state index is 14.0. The maximum atomic E-state index is 14.0. The van der Waals surface area contributed by atoms with Crippen LogP contribution < -0.4 is 20.3 Å². The lowest BCUT2D eigenvalue weighted by Crippen LogP contribution is -2.63. The molecule has 3 aliphatic heterocycles. The topological polar surface area (TPSA) is 206 Å². The van der Waals surface area contributed by atoms with Gasteiger partial charge in [0.1, 0.15) is 46.8 Å². The van der Waals surface area contributed by atoms with Crippen molar-refractivity contribution in [3.63, 3.8) is 0 Å². The third-order valence-corrected chi connectivity index (χ3v) is 10.8. The van der Waals surface area contributed by atoms with Crippen molar-refractivity contribution < 1.29 is 57.9 Å². The number of rotatable bonds is 7. The number of methoxy groups -OCH3 is 2. The molecule has 4 bridgehead atoms. The number of ether oxygens (including phenoxy) is 5. The van der Waals surface area contributed by atoms with E-state index in [1.807, 2.05) is 13.0 Å². The summed E-state index contributed by atoms with van der Waals surface area (Å²) in [6.45, 7) is 9.87. The van der Waals surface area contributed by atoms with Crippen molar-refractivity contribution in [3.05, 3.63) is 46.5 Å². The number of anilines is 1. The fourth-order valence-electron chi connectivity index (χ4n) is 6.40. The van der Waals surface area contributed by atoms with Gasteiger partial charge in [-0.3, -0.25) is 19.7 Å². The number of fused-ring (bicyclic) bond motifs is 5. The number of carbonyl (C=O) groups is 5. The predicted molar refractivity (Wildman–Crippen MR) is 203 cm³/mol. The molecule has 1 aromatic carbocycles. The number of allylic oxidation sites excluding steroid dienone is 3. The smallest absolute Gasteiger partial charge is 0.409 e. The van der Waals surface area contributed by atoms with Crippen molar-refractivity contribution in [3.8, 4) is 5.75 Å². The summed E-state index contributed by atoms with van der Waals surface area (Å²) in [6, 6.07) is 2.20. The SMILES string of the molecule is CNC(C)C(=O)O.COc1cc2cc(c1Cl)N(C)C(=O)C[C@H](OC(=O)[C@H](C)N(C)C(C)=O)[C@]1(C)O[C@H]1[C@H](C)[C@@H]1C[C@@](O)(NC(=O)O1)C(OC)/C=C/C=C(\C)C2. The van der Waals surface area contributed by atoms with Crippen LogP contribution in [0.4, 0.5) is 10.5 Å². The Labute approximate surface area is 327 Å². The highest BCUT2D eigenvalue weighted by atomic mass is 35.5. The van der Waals surface area contributed by atoms with Crippen LogP contribution in [0.3, 0.4) is 0 Å². The van der Waals surface area contributed by atoms with E-state index in [-0.39, 0.29) is 23.8 Å². The molecule has 2 fully saturated rings. The second-order valence-electron chi connectivity index (χ2n) is 14.4. The van der Waals surface area contributed by atoms with Gasteiger partial charge >= 0.3 is 18.0 Å². The average Bonchev–Trinajstić information content (AvgIpc) is 3.83. The lowest BCUT2D eigenvalue weighted by Gasteiger charge is -2.42. The molecule has 4 N–H and O–H groups in total. The minimum Gasteiger partial charge on any atom is -0.495 e. The maximum Gasteiger partial charge on any atom is 0.409 e. The number of nitrogens with zero attached hydrogens (tertiary/aromatic N) is 2. The van der Waals surface area contributed by atoms with Gasteiger partial charge in [0.25, 0.3) is 0 Å². The molecule has 2 saturated heterocycles. The molecule has 4 rings (SSSR count). The highest BCUT2D eigenvalue weighted by Gasteiger charge is 2.64. The van der Waals surface area contributed by atoms with Crippen LogP contribution in [0.1, 0.15) is 59.9 Å². The Morgan fingerprint density at radius 2 is 1.85 bits per heavy atom. The number of esters is 1. The lowest BCUT2D eigenvalue weighted by molar-refractivity contribution is -0.161. The van der Waals surface area contributed by atoms with Gasteiger partial charge in [0.2, 0.25) is 11.8 Å². The lowest BCUT2D eigenvalue weighted by atomic mass is 9.83. The van der Waals surface area contributed by atoms with Gasteiger partial charge in [-0.1, -0.05) is 42.3 Å². The summed E-state index contributed by atoms with van der Waals surface area (Å²) in [5.41, 5.74) is -0.871. The second kappa shape index (κ2) is 18.6. The molecule has 0 spiro atoms. The zero-order valence-corrected chi connectivity index (χ0v) is 34.1. The first-order valence-corrected chi connectivity index (χ1v) is 18.2. The third-order valence-electron chi connectivity index (χ3n) is 10.4. The number of nitrogens with one attached hydrogen (secondary N) is 2. The normalized spacial score (nSPS) is 30.7. The van der Waals surface area contributed by atoms with Crippen molar-refractivity contribution in [1.82, 2.24) is 15.5 Å². The van der Waals surface area contributed by atoms with Gasteiger partial charge in [-0.2, -0.15) is 0 Å². The van der Waals surface area contributed by atoms with E-state index < -0.39 is 77.7 Å². The number of hydrogen-bond donors (Lipinski definition) is 4. The molecule has 9 atom stereocenters. The zero-order chi connectivity index (χ0) is 41.6.